The molecule has 0 aliphatic heterocycles. The summed E-state index contributed by atoms with van der Waals surface area (Å²) in [5, 5.41) is 4.14. The molecule has 98 valence electrons. The quantitative estimate of drug-likeness (QED) is 0.865. The van der Waals surface area contributed by atoms with E-state index in [-0.39, 0.29) is 5.91 Å². The molecule has 0 saturated heterocycles. The van der Waals surface area contributed by atoms with Crippen molar-refractivity contribution < 1.29 is 4.79 Å². The van der Waals surface area contributed by atoms with Gasteiger partial charge in [-0.15, -0.1) is 0 Å². The largest absolute Gasteiger partial charge is 0.347 e. The van der Waals surface area contributed by atoms with E-state index in [2.05, 4.69) is 26.2 Å². The summed E-state index contributed by atoms with van der Waals surface area (Å²) >= 11 is 9.13. The molecule has 0 aliphatic rings. The van der Waals surface area contributed by atoms with Gasteiger partial charge in [-0.1, -0.05) is 51.8 Å². The number of hydrogen-bond donors (Lipinski definition) is 1. The molecule has 0 fully saturated rings. The van der Waals surface area contributed by atoms with E-state index in [0.29, 0.717) is 17.3 Å². The maximum atomic E-state index is 11.9. The van der Waals surface area contributed by atoms with Crippen LogP contribution in [0.15, 0.2) is 42.6 Å². The molecule has 1 aromatic heterocycles. The van der Waals surface area contributed by atoms with E-state index in [4.69, 9.17) is 11.6 Å². The molecule has 19 heavy (non-hydrogen) atoms. The Kier molecular flexibility index (Phi) is 4.93. The minimum absolute atomic E-state index is 0.207. The molecule has 0 atom stereocenters. The molecule has 3 nitrogen and oxygen atoms in total. The number of hydrogen-bond acceptors (Lipinski definition) is 2. The van der Waals surface area contributed by atoms with Gasteiger partial charge >= 0.3 is 0 Å². The van der Waals surface area contributed by atoms with Crippen LogP contribution in [0.5, 0.6) is 0 Å². The minimum atomic E-state index is -0.207. The Morgan fingerprint density at radius 1 is 1.26 bits per heavy atom. The van der Waals surface area contributed by atoms with E-state index in [9.17, 15) is 4.79 Å². The van der Waals surface area contributed by atoms with Gasteiger partial charge in [0.25, 0.3) is 5.91 Å². The van der Waals surface area contributed by atoms with Crippen LogP contribution in [0, 0.1) is 0 Å². The standard InChI is InChI=1S/C14H12BrClN2O/c15-7-10-2-1-3-11(6-10)8-18-14(19)13-5-4-12(16)9-17-13/h1-6,9H,7-8H2,(H,18,19). The maximum absolute atomic E-state index is 11.9. The third kappa shape index (κ3) is 4.04. The van der Waals surface area contributed by atoms with Gasteiger partial charge in [0, 0.05) is 18.1 Å². The number of benzene rings is 1. The van der Waals surface area contributed by atoms with Gasteiger partial charge in [0.05, 0.1) is 5.02 Å². The highest BCUT2D eigenvalue weighted by molar-refractivity contribution is 9.08. The van der Waals surface area contributed by atoms with Crippen LogP contribution in [0.25, 0.3) is 0 Å². The first-order chi connectivity index (χ1) is 9.19. The van der Waals surface area contributed by atoms with Crippen molar-refractivity contribution in [3.05, 3.63) is 64.4 Å². The topological polar surface area (TPSA) is 42.0 Å². The van der Waals surface area contributed by atoms with Gasteiger partial charge < -0.3 is 5.32 Å². The Bertz CT molecular complexity index is 572. The molecule has 1 N–H and O–H groups in total. The third-order valence-corrected chi connectivity index (χ3v) is 3.43. The molecule has 0 saturated carbocycles. The second-order valence-corrected chi connectivity index (χ2v) is 5.00. The molecule has 2 rings (SSSR count). The smallest absolute Gasteiger partial charge is 0.270 e. The van der Waals surface area contributed by atoms with E-state index in [1.165, 1.54) is 11.8 Å². The maximum Gasteiger partial charge on any atom is 0.270 e. The number of carbonyl (C=O) groups is 1. The third-order valence-electron chi connectivity index (χ3n) is 2.56. The summed E-state index contributed by atoms with van der Waals surface area (Å²) in [4.78, 5) is 15.8. The van der Waals surface area contributed by atoms with Crippen LogP contribution in [0.3, 0.4) is 0 Å². The van der Waals surface area contributed by atoms with E-state index in [0.717, 1.165) is 10.9 Å². The van der Waals surface area contributed by atoms with Crippen molar-refractivity contribution in [1.82, 2.24) is 10.3 Å². The lowest BCUT2D eigenvalue weighted by atomic mass is 10.1. The molecule has 1 heterocycles. The predicted molar refractivity (Wildman–Crippen MR) is 79.5 cm³/mol. The molecule has 1 aromatic carbocycles. The fraction of sp³-hybridized carbons (Fsp3) is 0.143. The Morgan fingerprint density at radius 2 is 2.05 bits per heavy atom. The molecular formula is C14H12BrClN2O. The second-order valence-electron chi connectivity index (χ2n) is 4.00. The number of alkyl halides is 1. The summed E-state index contributed by atoms with van der Waals surface area (Å²) in [6.07, 6.45) is 1.46. The van der Waals surface area contributed by atoms with Gasteiger partial charge in [-0.2, -0.15) is 0 Å². The van der Waals surface area contributed by atoms with Gasteiger partial charge in [0.2, 0.25) is 0 Å². The number of nitrogens with zero attached hydrogens (tertiary/aromatic N) is 1. The fourth-order valence-corrected chi connectivity index (χ4v) is 2.07. The van der Waals surface area contributed by atoms with Crippen molar-refractivity contribution in [2.45, 2.75) is 11.9 Å². The number of rotatable bonds is 4. The fourth-order valence-electron chi connectivity index (χ4n) is 1.61. The molecular weight excluding hydrogens is 328 g/mol. The molecule has 0 aliphatic carbocycles. The van der Waals surface area contributed by atoms with Gasteiger partial charge in [0.1, 0.15) is 5.69 Å². The van der Waals surface area contributed by atoms with Crippen LogP contribution in [-0.4, -0.2) is 10.9 Å². The van der Waals surface area contributed by atoms with Crippen LogP contribution in [0.4, 0.5) is 0 Å². The number of amides is 1. The first kappa shape index (κ1) is 14.0. The number of carbonyl (C=O) groups excluding carboxylic acids is 1. The van der Waals surface area contributed by atoms with Crippen molar-refractivity contribution in [2.24, 2.45) is 0 Å². The lowest BCUT2D eigenvalue weighted by molar-refractivity contribution is 0.0946. The number of aromatic nitrogens is 1. The van der Waals surface area contributed by atoms with E-state index < -0.39 is 0 Å². The lowest BCUT2D eigenvalue weighted by Crippen LogP contribution is -2.23. The highest BCUT2D eigenvalue weighted by Crippen LogP contribution is 2.09. The Morgan fingerprint density at radius 3 is 2.74 bits per heavy atom. The summed E-state index contributed by atoms with van der Waals surface area (Å²) < 4.78 is 0. The normalized spacial score (nSPS) is 10.2. The van der Waals surface area contributed by atoms with Crippen molar-refractivity contribution in [3.63, 3.8) is 0 Å². The number of halogens is 2. The Hall–Kier alpha value is -1.39. The first-order valence-electron chi connectivity index (χ1n) is 5.72. The number of pyridine rings is 1. The Balaban J connectivity index is 1.98. The second kappa shape index (κ2) is 6.68. The molecule has 2 aromatic rings. The molecule has 0 radical (unpaired) electrons. The van der Waals surface area contributed by atoms with Crippen LogP contribution in [0.2, 0.25) is 5.02 Å². The zero-order chi connectivity index (χ0) is 13.7. The van der Waals surface area contributed by atoms with Crippen molar-refractivity contribution >= 4 is 33.4 Å². The monoisotopic (exact) mass is 338 g/mol. The highest BCUT2D eigenvalue weighted by Gasteiger charge is 2.06. The van der Waals surface area contributed by atoms with Crippen LogP contribution in [0.1, 0.15) is 21.6 Å². The molecule has 0 spiro atoms. The van der Waals surface area contributed by atoms with E-state index in [1.54, 1.807) is 12.1 Å². The van der Waals surface area contributed by atoms with Gasteiger partial charge in [-0.3, -0.25) is 4.79 Å². The first-order valence-corrected chi connectivity index (χ1v) is 7.22. The van der Waals surface area contributed by atoms with Gasteiger partial charge in [0.15, 0.2) is 0 Å². The summed E-state index contributed by atoms with van der Waals surface area (Å²) in [7, 11) is 0. The van der Waals surface area contributed by atoms with Crippen molar-refractivity contribution in [2.75, 3.05) is 0 Å². The Labute approximate surface area is 125 Å². The minimum Gasteiger partial charge on any atom is -0.347 e. The summed E-state index contributed by atoms with van der Waals surface area (Å²) in [6.45, 7) is 0.476. The molecule has 0 unspecified atom stereocenters. The average molecular weight is 340 g/mol. The van der Waals surface area contributed by atoms with E-state index in [1.807, 2.05) is 24.3 Å². The number of nitrogens with one attached hydrogen (secondary N) is 1. The highest BCUT2D eigenvalue weighted by atomic mass is 79.9. The SMILES string of the molecule is O=C(NCc1cccc(CBr)c1)c1ccc(Cl)cn1. The predicted octanol–water partition coefficient (Wildman–Crippen LogP) is 3.56. The molecule has 5 heteroatoms. The lowest BCUT2D eigenvalue weighted by Gasteiger charge is -2.06. The van der Waals surface area contributed by atoms with Gasteiger partial charge in [-0.05, 0) is 23.3 Å². The summed E-state index contributed by atoms with van der Waals surface area (Å²) in [6, 6.07) is 11.3. The zero-order valence-corrected chi connectivity index (χ0v) is 12.4. The van der Waals surface area contributed by atoms with Crippen LogP contribution >= 0.6 is 27.5 Å². The summed E-state index contributed by atoms with van der Waals surface area (Å²) in [5.74, 6) is -0.207. The van der Waals surface area contributed by atoms with Crippen LogP contribution < -0.4 is 5.32 Å². The van der Waals surface area contributed by atoms with Crippen molar-refractivity contribution in [3.8, 4) is 0 Å². The van der Waals surface area contributed by atoms with Gasteiger partial charge in [-0.25, -0.2) is 4.98 Å². The zero-order valence-electron chi connectivity index (χ0n) is 10.1. The van der Waals surface area contributed by atoms with Crippen LogP contribution in [-0.2, 0) is 11.9 Å². The average Bonchev–Trinajstić information content (AvgIpc) is 2.46. The molecule has 0 bridgehead atoms. The molecule has 1 amide bonds. The summed E-state index contributed by atoms with van der Waals surface area (Å²) in [5.41, 5.74) is 2.59. The van der Waals surface area contributed by atoms with E-state index >= 15 is 0 Å². The van der Waals surface area contributed by atoms with Crippen molar-refractivity contribution in [1.29, 1.82) is 0 Å².